The van der Waals surface area contributed by atoms with E-state index in [9.17, 15) is 4.79 Å². The van der Waals surface area contributed by atoms with E-state index < -0.39 is 0 Å². The predicted molar refractivity (Wildman–Crippen MR) is 62.4 cm³/mol. The lowest BCUT2D eigenvalue weighted by molar-refractivity contribution is -0.117. The highest BCUT2D eigenvalue weighted by Crippen LogP contribution is 2.33. The Balaban J connectivity index is 2.39. The van der Waals surface area contributed by atoms with Crippen LogP contribution in [0.2, 0.25) is 0 Å². The average molecular weight is 216 g/mol. The maximum atomic E-state index is 11.7. The van der Waals surface area contributed by atoms with Gasteiger partial charge in [-0.2, -0.15) is 0 Å². The number of hydrogen-bond donors (Lipinski definition) is 2. The van der Waals surface area contributed by atoms with Crippen molar-refractivity contribution in [2.75, 3.05) is 22.9 Å². The number of rotatable bonds is 1. The molecule has 1 atom stereocenters. The largest absolute Gasteiger partial charge is 0.396 e. The molecule has 1 aromatic heterocycles. The molecule has 1 saturated heterocycles. The first-order chi connectivity index (χ1) is 7.63. The van der Waals surface area contributed by atoms with Crippen molar-refractivity contribution in [3.63, 3.8) is 0 Å². The van der Waals surface area contributed by atoms with Crippen LogP contribution in [0.15, 0.2) is 12.4 Å². The van der Waals surface area contributed by atoms with Crippen LogP contribution in [0.25, 0.3) is 0 Å². The molecule has 5 nitrogen and oxygen atoms in total. The Bertz CT molecular complexity index is 457. The molecule has 4 N–H and O–H groups in total. The lowest BCUT2D eigenvalue weighted by atomic mass is 10.1. The number of anilines is 3. The van der Waals surface area contributed by atoms with Crippen LogP contribution in [0.1, 0.15) is 6.42 Å². The third-order valence-corrected chi connectivity index (χ3v) is 2.60. The summed E-state index contributed by atoms with van der Waals surface area (Å²) in [5.41, 5.74) is 12.8. The molecule has 1 unspecified atom stereocenters. The Labute approximate surface area is 93.4 Å². The summed E-state index contributed by atoms with van der Waals surface area (Å²) in [5.74, 6) is 2.45. The van der Waals surface area contributed by atoms with Gasteiger partial charge in [-0.05, 0) is 0 Å². The predicted octanol–water partition coefficient (Wildman–Crippen LogP) is 0.232. The molecule has 0 spiro atoms. The van der Waals surface area contributed by atoms with Crippen molar-refractivity contribution in [2.45, 2.75) is 6.42 Å². The van der Waals surface area contributed by atoms with E-state index in [2.05, 4.69) is 10.9 Å². The number of carbonyl (C=O) groups excluding carboxylic acids is 1. The Morgan fingerprint density at radius 2 is 2.06 bits per heavy atom. The van der Waals surface area contributed by atoms with E-state index in [0.717, 1.165) is 0 Å². The molecule has 0 radical (unpaired) electrons. The third kappa shape index (κ3) is 1.54. The monoisotopic (exact) mass is 216 g/mol. The smallest absolute Gasteiger partial charge is 0.228 e. The molecule has 2 heterocycles. The summed E-state index contributed by atoms with van der Waals surface area (Å²) in [7, 11) is 0. The van der Waals surface area contributed by atoms with Crippen LogP contribution in [-0.2, 0) is 4.79 Å². The first-order valence-corrected chi connectivity index (χ1v) is 4.89. The molecule has 0 aromatic carbocycles. The number of terminal acetylenes is 1. The molecule has 0 saturated carbocycles. The molecule has 16 heavy (non-hydrogen) atoms. The van der Waals surface area contributed by atoms with Gasteiger partial charge in [-0.1, -0.05) is 0 Å². The second-order valence-electron chi connectivity index (χ2n) is 3.74. The molecular weight excluding hydrogens is 204 g/mol. The van der Waals surface area contributed by atoms with E-state index in [4.69, 9.17) is 17.9 Å². The molecule has 5 heteroatoms. The summed E-state index contributed by atoms with van der Waals surface area (Å²) in [5, 5.41) is 0. The van der Waals surface area contributed by atoms with Crippen molar-refractivity contribution in [3.05, 3.63) is 12.4 Å². The molecule has 82 valence electrons. The van der Waals surface area contributed by atoms with Crippen molar-refractivity contribution in [3.8, 4) is 12.3 Å². The van der Waals surface area contributed by atoms with Crippen LogP contribution in [0.5, 0.6) is 0 Å². The van der Waals surface area contributed by atoms with E-state index >= 15 is 0 Å². The summed E-state index contributed by atoms with van der Waals surface area (Å²) in [6, 6.07) is 0. The zero-order chi connectivity index (χ0) is 11.7. The van der Waals surface area contributed by atoms with Crippen LogP contribution < -0.4 is 16.4 Å². The number of aromatic nitrogens is 1. The molecule has 1 fully saturated rings. The molecule has 0 bridgehead atoms. The highest BCUT2D eigenvalue weighted by atomic mass is 16.2. The first-order valence-electron chi connectivity index (χ1n) is 4.89. The summed E-state index contributed by atoms with van der Waals surface area (Å²) >= 11 is 0. The van der Waals surface area contributed by atoms with Crippen molar-refractivity contribution < 1.29 is 4.79 Å². The Kier molecular flexibility index (Phi) is 2.41. The maximum absolute atomic E-state index is 11.7. The van der Waals surface area contributed by atoms with E-state index in [1.54, 1.807) is 0 Å². The Morgan fingerprint density at radius 1 is 1.44 bits per heavy atom. The number of amides is 1. The standard InChI is InChI=1S/C11H12N4O/c1-2-7-3-10(16)15(6-7)11-8(12)4-14-5-9(11)13/h1,4-5,7H,3,6,12-13H2. The highest BCUT2D eigenvalue weighted by molar-refractivity contribution is 6.01. The van der Waals surface area contributed by atoms with Crippen molar-refractivity contribution in [1.82, 2.24) is 4.98 Å². The summed E-state index contributed by atoms with van der Waals surface area (Å²) in [6.07, 6.45) is 8.60. The molecule has 1 aromatic rings. The van der Waals surface area contributed by atoms with Crippen molar-refractivity contribution in [2.24, 2.45) is 5.92 Å². The minimum Gasteiger partial charge on any atom is -0.396 e. The number of nitrogen functional groups attached to an aromatic ring is 2. The van der Waals surface area contributed by atoms with Gasteiger partial charge in [0, 0.05) is 18.9 Å². The number of nitrogens with zero attached hydrogens (tertiary/aromatic N) is 2. The van der Waals surface area contributed by atoms with E-state index in [1.165, 1.54) is 17.3 Å². The first kappa shape index (κ1) is 10.3. The minimum atomic E-state index is -0.0699. The molecule has 1 aliphatic heterocycles. The molecule has 0 aliphatic carbocycles. The highest BCUT2D eigenvalue weighted by Gasteiger charge is 2.31. The number of nitrogens with two attached hydrogens (primary N) is 2. The molecule has 2 rings (SSSR count). The van der Waals surface area contributed by atoms with E-state index in [0.29, 0.717) is 30.0 Å². The van der Waals surface area contributed by atoms with E-state index in [1.807, 2.05) is 0 Å². The fourth-order valence-electron chi connectivity index (χ4n) is 1.83. The van der Waals surface area contributed by atoms with Gasteiger partial charge in [0.05, 0.1) is 29.5 Å². The van der Waals surface area contributed by atoms with Gasteiger partial charge in [-0.25, -0.2) is 0 Å². The second kappa shape index (κ2) is 3.74. The number of carbonyl (C=O) groups is 1. The van der Waals surface area contributed by atoms with Gasteiger partial charge in [0.25, 0.3) is 0 Å². The van der Waals surface area contributed by atoms with Crippen LogP contribution in [0, 0.1) is 18.3 Å². The minimum absolute atomic E-state index is 0.0486. The van der Waals surface area contributed by atoms with Crippen LogP contribution in [0.3, 0.4) is 0 Å². The summed E-state index contributed by atoms with van der Waals surface area (Å²) in [6.45, 7) is 0.466. The van der Waals surface area contributed by atoms with Crippen LogP contribution >= 0.6 is 0 Å². The third-order valence-electron chi connectivity index (χ3n) is 2.60. The molecular formula is C11H12N4O. The van der Waals surface area contributed by atoms with Crippen LogP contribution in [0.4, 0.5) is 17.1 Å². The van der Waals surface area contributed by atoms with Crippen molar-refractivity contribution in [1.29, 1.82) is 0 Å². The zero-order valence-electron chi connectivity index (χ0n) is 8.68. The SMILES string of the molecule is C#CC1CC(=O)N(c2c(N)cncc2N)C1. The summed E-state index contributed by atoms with van der Waals surface area (Å²) < 4.78 is 0. The quantitative estimate of drug-likeness (QED) is 0.658. The fraction of sp³-hybridized carbons (Fsp3) is 0.273. The average Bonchev–Trinajstić information content (AvgIpc) is 2.60. The van der Waals surface area contributed by atoms with Crippen LogP contribution in [-0.4, -0.2) is 17.4 Å². The van der Waals surface area contributed by atoms with Gasteiger partial charge < -0.3 is 16.4 Å². The van der Waals surface area contributed by atoms with Crippen molar-refractivity contribution >= 4 is 23.0 Å². The van der Waals surface area contributed by atoms with Gasteiger partial charge >= 0.3 is 0 Å². The maximum Gasteiger partial charge on any atom is 0.228 e. The summed E-state index contributed by atoms with van der Waals surface area (Å²) in [4.78, 5) is 17.1. The molecule has 1 amide bonds. The molecule has 1 aliphatic rings. The van der Waals surface area contributed by atoms with E-state index in [-0.39, 0.29) is 11.8 Å². The number of pyridine rings is 1. The van der Waals surface area contributed by atoms with Gasteiger partial charge in [0.15, 0.2) is 0 Å². The van der Waals surface area contributed by atoms with Gasteiger partial charge in [0.1, 0.15) is 0 Å². The topological polar surface area (TPSA) is 85.2 Å². The zero-order valence-corrected chi connectivity index (χ0v) is 8.68. The van der Waals surface area contributed by atoms with Gasteiger partial charge in [0.2, 0.25) is 5.91 Å². The normalized spacial score (nSPS) is 19.8. The Morgan fingerprint density at radius 3 is 2.56 bits per heavy atom. The Hall–Kier alpha value is -2.22. The fourth-order valence-corrected chi connectivity index (χ4v) is 1.83. The lowest BCUT2D eigenvalue weighted by Crippen LogP contribution is -2.26. The number of hydrogen-bond acceptors (Lipinski definition) is 4. The van der Waals surface area contributed by atoms with Gasteiger partial charge in [-0.3, -0.25) is 9.78 Å². The lowest BCUT2D eigenvalue weighted by Gasteiger charge is -2.19. The second-order valence-corrected chi connectivity index (χ2v) is 3.74. The van der Waals surface area contributed by atoms with Gasteiger partial charge in [-0.15, -0.1) is 12.3 Å².